The first-order valence-electron chi connectivity index (χ1n) is 6.68. The molecule has 0 amide bonds. The molecule has 0 aliphatic rings. The molecule has 0 rings (SSSR count). The molecule has 1 unspecified atom stereocenters. The zero-order chi connectivity index (χ0) is 12.1. The van der Waals surface area contributed by atoms with Crippen LogP contribution in [0.1, 0.15) is 51.9 Å². The highest BCUT2D eigenvalue weighted by atomic mass is 32.2. The van der Waals surface area contributed by atoms with E-state index in [1.807, 2.05) is 17.8 Å². The Balaban J connectivity index is 3.51. The molecule has 0 fully saturated rings. The van der Waals surface area contributed by atoms with Crippen LogP contribution >= 0.6 is 11.8 Å². The Kier molecular flexibility index (Phi) is 13.2. The summed E-state index contributed by atoms with van der Waals surface area (Å²) in [5.41, 5.74) is 0. The van der Waals surface area contributed by atoms with Crippen molar-refractivity contribution in [2.75, 3.05) is 18.6 Å². The van der Waals surface area contributed by atoms with Crippen molar-refractivity contribution in [3.8, 4) is 0 Å². The maximum absolute atomic E-state index is 3.76. The first-order valence-corrected chi connectivity index (χ1v) is 8.07. The summed E-state index contributed by atoms with van der Waals surface area (Å²) in [5.74, 6) is 1.29. The van der Waals surface area contributed by atoms with Gasteiger partial charge in [0, 0.05) is 6.04 Å². The lowest BCUT2D eigenvalue weighted by Crippen LogP contribution is -2.30. The van der Waals surface area contributed by atoms with Crippen molar-refractivity contribution in [2.45, 2.75) is 57.9 Å². The zero-order valence-electron chi connectivity index (χ0n) is 11.1. The molecule has 0 bridgehead atoms. The Bertz CT molecular complexity index is 140. The Morgan fingerprint density at radius 2 is 2.06 bits per heavy atom. The number of unbranched alkanes of at least 4 members (excludes halogenated alkanes) is 3. The van der Waals surface area contributed by atoms with E-state index >= 15 is 0 Å². The Morgan fingerprint density at radius 1 is 1.25 bits per heavy atom. The van der Waals surface area contributed by atoms with Crippen LogP contribution in [0.2, 0.25) is 0 Å². The van der Waals surface area contributed by atoms with Gasteiger partial charge in [0.25, 0.3) is 0 Å². The highest BCUT2D eigenvalue weighted by Gasteiger charge is 2.06. The minimum Gasteiger partial charge on any atom is -0.314 e. The van der Waals surface area contributed by atoms with Gasteiger partial charge in [-0.2, -0.15) is 11.8 Å². The van der Waals surface area contributed by atoms with E-state index in [-0.39, 0.29) is 0 Å². The molecule has 1 nitrogen and oxygen atoms in total. The second kappa shape index (κ2) is 13.1. The number of nitrogens with one attached hydrogen (secondary N) is 1. The largest absolute Gasteiger partial charge is 0.314 e. The van der Waals surface area contributed by atoms with Gasteiger partial charge in [0.2, 0.25) is 0 Å². The molecule has 0 heterocycles. The summed E-state index contributed by atoms with van der Waals surface area (Å²) >= 11 is 1.96. The van der Waals surface area contributed by atoms with Crippen LogP contribution in [0.15, 0.2) is 12.7 Å². The van der Waals surface area contributed by atoms with Crippen LogP contribution in [0, 0.1) is 0 Å². The van der Waals surface area contributed by atoms with E-state index in [1.165, 1.54) is 57.2 Å². The van der Waals surface area contributed by atoms with Crippen molar-refractivity contribution in [3.05, 3.63) is 12.7 Å². The van der Waals surface area contributed by atoms with E-state index in [0.717, 1.165) is 6.04 Å². The summed E-state index contributed by atoms with van der Waals surface area (Å²) in [7, 11) is 0. The van der Waals surface area contributed by atoms with Crippen molar-refractivity contribution in [2.24, 2.45) is 0 Å². The van der Waals surface area contributed by atoms with Crippen molar-refractivity contribution >= 4 is 11.8 Å². The van der Waals surface area contributed by atoms with Gasteiger partial charge in [-0.05, 0) is 50.7 Å². The zero-order valence-corrected chi connectivity index (χ0v) is 12.0. The number of allylic oxidation sites excluding steroid dienone is 1. The average molecular weight is 243 g/mol. The van der Waals surface area contributed by atoms with Gasteiger partial charge in [-0.15, -0.1) is 6.58 Å². The molecule has 2 heteroatoms. The second-order valence-corrected chi connectivity index (χ2v) is 5.34. The molecule has 1 N–H and O–H groups in total. The summed E-state index contributed by atoms with van der Waals surface area (Å²) < 4.78 is 0. The molecule has 0 aliphatic carbocycles. The predicted octanol–water partition coefficient (Wildman–Crippen LogP) is 4.24. The molecule has 0 aliphatic heterocycles. The summed E-state index contributed by atoms with van der Waals surface area (Å²) in [5, 5.41) is 3.66. The minimum absolute atomic E-state index is 0.746. The van der Waals surface area contributed by atoms with Crippen LogP contribution in [0.25, 0.3) is 0 Å². The van der Waals surface area contributed by atoms with E-state index in [1.54, 1.807) is 0 Å². The SMILES string of the molecule is C=CCCCCCC(CCSC)NCCC. The van der Waals surface area contributed by atoms with Crippen molar-refractivity contribution in [1.29, 1.82) is 0 Å². The predicted molar refractivity (Wildman–Crippen MR) is 78.4 cm³/mol. The number of thioether (sulfide) groups is 1. The van der Waals surface area contributed by atoms with Crippen LogP contribution in [-0.2, 0) is 0 Å². The van der Waals surface area contributed by atoms with Gasteiger partial charge in [-0.3, -0.25) is 0 Å². The monoisotopic (exact) mass is 243 g/mol. The van der Waals surface area contributed by atoms with Gasteiger partial charge in [-0.1, -0.05) is 25.8 Å². The third-order valence-corrected chi connectivity index (χ3v) is 3.46. The Hall–Kier alpha value is 0.0500. The molecule has 0 saturated heterocycles. The van der Waals surface area contributed by atoms with Crippen LogP contribution in [-0.4, -0.2) is 24.6 Å². The van der Waals surface area contributed by atoms with Crippen molar-refractivity contribution in [3.63, 3.8) is 0 Å². The van der Waals surface area contributed by atoms with E-state index in [4.69, 9.17) is 0 Å². The topological polar surface area (TPSA) is 12.0 Å². The molecule has 0 spiro atoms. The van der Waals surface area contributed by atoms with Gasteiger partial charge >= 0.3 is 0 Å². The van der Waals surface area contributed by atoms with Gasteiger partial charge in [-0.25, -0.2) is 0 Å². The number of hydrogen-bond acceptors (Lipinski definition) is 2. The molecule has 1 atom stereocenters. The van der Waals surface area contributed by atoms with E-state index in [9.17, 15) is 0 Å². The van der Waals surface area contributed by atoms with E-state index in [2.05, 4.69) is 25.1 Å². The van der Waals surface area contributed by atoms with Gasteiger partial charge in [0.1, 0.15) is 0 Å². The second-order valence-electron chi connectivity index (χ2n) is 4.36. The molecule has 0 aromatic carbocycles. The molecular formula is C14H29NS. The molecule has 0 aromatic rings. The summed E-state index contributed by atoms with van der Waals surface area (Å²) in [6, 6.07) is 0.746. The molecular weight excluding hydrogens is 214 g/mol. The highest BCUT2D eigenvalue weighted by Crippen LogP contribution is 2.10. The van der Waals surface area contributed by atoms with Crippen LogP contribution in [0.4, 0.5) is 0 Å². The smallest absolute Gasteiger partial charge is 0.00749 e. The van der Waals surface area contributed by atoms with Gasteiger partial charge < -0.3 is 5.32 Å². The summed E-state index contributed by atoms with van der Waals surface area (Å²) in [4.78, 5) is 0. The Labute approximate surface area is 106 Å². The summed E-state index contributed by atoms with van der Waals surface area (Å²) in [6.07, 6.45) is 13.3. The van der Waals surface area contributed by atoms with Gasteiger partial charge in [0.05, 0.1) is 0 Å². The molecule has 0 radical (unpaired) electrons. The standard InChI is InChI=1S/C14H29NS/c1-4-6-7-8-9-10-14(11-13-16-3)15-12-5-2/h4,14-15H,1,5-13H2,2-3H3. The van der Waals surface area contributed by atoms with Crippen LogP contribution in [0.3, 0.4) is 0 Å². The Morgan fingerprint density at radius 3 is 2.69 bits per heavy atom. The first-order chi connectivity index (χ1) is 7.85. The minimum atomic E-state index is 0.746. The van der Waals surface area contributed by atoms with Crippen molar-refractivity contribution in [1.82, 2.24) is 5.32 Å². The lowest BCUT2D eigenvalue weighted by atomic mass is 10.0. The molecule has 0 aromatic heterocycles. The van der Waals surface area contributed by atoms with Crippen LogP contribution in [0.5, 0.6) is 0 Å². The number of rotatable bonds is 12. The third-order valence-electron chi connectivity index (χ3n) is 2.81. The van der Waals surface area contributed by atoms with E-state index in [0.29, 0.717) is 0 Å². The normalized spacial score (nSPS) is 12.6. The highest BCUT2D eigenvalue weighted by molar-refractivity contribution is 7.98. The number of hydrogen-bond donors (Lipinski definition) is 1. The molecule has 96 valence electrons. The van der Waals surface area contributed by atoms with Gasteiger partial charge in [0.15, 0.2) is 0 Å². The lowest BCUT2D eigenvalue weighted by molar-refractivity contribution is 0.449. The average Bonchev–Trinajstić information content (AvgIpc) is 2.31. The fourth-order valence-corrected chi connectivity index (χ4v) is 2.33. The van der Waals surface area contributed by atoms with Crippen LogP contribution < -0.4 is 5.32 Å². The summed E-state index contributed by atoms with van der Waals surface area (Å²) in [6.45, 7) is 7.17. The van der Waals surface area contributed by atoms with E-state index < -0.39 is 0 Å². The lowest BCUT2D eigenvalue weighted by Gasteiger charge is -2.17. The third kappa shape index (κ3) is 10.6. The fourth-order valence-electron chi connectivity index (χ4n) is 1.81. The maximum atomic E-state index is 3.76. The fraction of sp³-hybridized carbons (Fsp3) is 0.857. The molecule has 16 heavy (non-hydrogen) atoms. The quantitative estimate of drug-likeness (QED) is 0.406. The first kappa shape index (κ1) is 16.1. The maximum Gasteiger partial charge on any atom is 0.00749 e. The van der Waals surface area contributed by atoms with Crippen molar-refractivity contribution < 1.29 is 0 Å². The molecule has 0 saturated carbocycles.